The van der Waals surface area contributed by atoms with Crippen molar-refractivity contribution in [1.29, 1.82) is 0 Å². The molecule has 4 N–H and O–H groups in total. The van der Waals surface area contributed by atoms with Crippen molar-refractivity contribution in [3.05, 3.63) is 59.2 Å². The van der Waals surface area contributed by atoms with Gasteiger partial charge in [-0.05, 0) is 24.1 Å². The van der Waals surface area contributed by atoms with Crippen LogP contribution in [-0.4, -0.2) is 38.0 Å². The molecule has 0 aliphatic carbocycles. The van der Waals surface area contributed by atoms with Crippen molar-refractivity contribution < 1.29 is 27.4 Å². The zero-order valence-electron chi connectivity index (χ0n) is 17.6. The molecule has 0 unspecified atom stereocenters. The Morgan fingerprint density at radius 3 is 2.45 bits per heavy atom. The standard InChI is InChI=1S/C21H20F4N6O2/c1-20(32,21(23,24)25)12-5-3-11(4-6-12)9-27-10-16-28-18-14-7-13(22)8-15(33-2)17(14)29-19(26)31(18)30-16/h3-8,27,32H,9-10H2,1-2H3,(H2,26,29)/t20-/m1/s1. The molecule has 8 nitrogen and oxygen atoms in total. The maximum absolute atomic E-state index is 14.0. The maximum Gasteiger partial charge on any atom is 0.421 e. The highest BCUT2D eigenvalue weighted by atomic mass is 19.4. The fourth-order valence-corrected chi connectivity index (χ4v) is 3.37. The molecule has 0 aliphatic rings. The first-order valence-electron chi connectivity index (χ1n) is 9.79. The Hall–Kier alpha value is -3.51. The fourth-order valence-electron chi connectivity index (χ4n) is 3.37. The lowest BCUT2D eigenvalue weighted by Gasteiger charge is -2.26. The normalized spacial score (nSPS) is 14.0. The van der Waals surface area contributed by atoms with Gasteiger partial charge in [-0.25, -0.2) is 14.4 Å². The number of nitrogens with zero attached hydrogens (tertiary/aromatic N) is 4. The molecule has 12 heteroatoms. The number of aromatic nitrogens is 4. The number of methoxy groups -OCH3 is 1. The van der Waals surface area contributed by atoms with Crippen molar-refractivity contribution in [3.8, 4) is 5.75 Å². The van der Waals surface area contributed by atoms with Crippen molar-refractivity contribution in [2.75, 3.05) is 12.8 Å². The van der Waals surface area contributed by atoms with E-state index in [0.29, 0.717) is 41.4 Å². The SMILES string of the molecule is COc1cc(F)cc2c1nc(N)n1nc(CNCc3ccc([C@@](C)(O)C(F)(F)F)cc3)nc21. The van der Waals surface area contributed by atoms with Gasteiger partial charge in [-0.2, -0.15) is 17.7 Å². The fraction of sp³-hybridized carbons (Fsp3) is 0.286. The minimum absolute atomic E-state index is 0.0495. The number of rotatable bonds is 6. The predicted octanol–water partition coefficient (Wildman–Crippen LogP) is 3.07. The van der Waals surface area contributed by atoms with E-state index in [-0.39, 0.29) is 23.8 Å². The largest absolute Gasteiger partial charge is 0.494 e. The second-order valence-electron chi connectivity index (χ2n) is 7.61. The Balaban J connectivity index is 1.52. The van der Waals surface area contributed by atoms with Gasteiger partial charge in [-0.3, -0.25) is 0 Å². The van der Waals surface area contributed by atoms with Crippen LogP contribution < -0.4 is 15.8 Å². The summed E-state index contributed by atoms with van der Waals surface area (Å²) in [4.78, 5) is 8.64. The second-order valence-corrected chi connectivity index (χ2v) is 7.61. The lowest BCUT2D eigenvalue weighted by Crippen LogP contribution is -2.39. The number of halogens is 4. The first-order chi connectivity index (χ1) is 15.5. The van der Waals surface area contributed by atoms with E-state index < -0.39 is 17.6 Å². The van der Waals surface area contributed by atoms with Crippen molar-refractivity contribution in [2.24, 2.45) is 0 Å². The van der Waals surface area contributed by atoms with Crippen LogP contribution in [-0.2, 0) is 18.7 Å². The molecule has 0 aliphatic heterocycles. The van der Waals surface area contributed by atoms with E-state index in [1.807, 2.05) is 0 Å². The summed E-state index contributed by atoms with van der Waals surface area (Å²) < 4.78 is 59.4. The topological polar surface area (TPSA) is 111 Å². The molecule has 0 amide bonds. The number of aliphatic hydroxyl groups is 1. The number of alkyl halides is 3. The third kappa shape index (κ3) is 4.14. The number of fused-ring (bicyclic) bond motifs is 3. The summed E-state index contributed by atoms with van der Waals surface area (Å²) in [6.45, 7) is 1.22. The van der Waals surface area contributed by atoms with Crippen LogP contribution in [0.15, 0.2) is 36.4 Å². The van der Waals surface area contributed by atoms with Crippen LogP contribution in [0.25, 0.3) is 16.6 Å². The molecular formula is C21H20F4N6O2. The van der Waals surface area contributed by atoms with Crippen molar-refractivity contribution in [1.82, 2.24) is 24.9 Å². The predicted molar refractivity (Wildman–Crippen MR) is 112 cm³/mol. The van der Waals surface area contributed by atoms with Crippen molar-refractivity contribution in [2.45, 2.75) is 31.8 Å². The number of ether oxygens (including phenoxy) is 1. The number of anilines is 1. The van der Waals surface area contributed by atoms with Crippen LogP contribution in [0.1, 0.15) is 23.9 Å². The monoisotopic (exact) mass is 464 g/mol. The van der Waals surface area contributed by atoms with Crippen LogP contribution in [0, 0.1) is 5.82 Å². The first kappa shape index (κ1) is 22.7. The van der Waals surface area contributed by atoms with Gasteiger partial charge < -0.3 is 20.9 Å². The van der Waals surface area contributed by atoms with Crippen LogP contribution in [0.2, 0.25) is 0 Å². The van der Waals surface area contributed by atoms with Crippen LogP contribution in [0.5, 0.6) is 5.75 Å². The van der Waals surface area contributed by atoms with Gasteiger partial charge in [0.05, 0.1) is 19.0 Å². The molecule has 2 aromatic carbocycles. The van der Waals surface area contributed by atoms with Gasteiger partial charge >= 0.3 is 6.18 Å². The average molecular weight is 464 g/mol. The minimum Gasteiger partial charge on any atom is -0.494 e. The molecule has 0 radical (unpaired) electrons. The zero-order valence-corrected chi connectivity index (χ0v) is 17.6. The first-order valence-corrected chi connectivity index (χ1v) is 9.79. The van der Waals surface area contributed by atoms with Crippen LogP contribution >= 0.6 is 0 Å². The van der Waals surface area contributed by atoms with Gasteiger partial charge in [0.25, 0.3) is 0 Å². The molecule has 33 heavy (non-hydrogen) atoms. The Kier molecular flexibility index (Phi) is 5.58. The third-order valence-corrected chi connectivity index (χ3v) is 5.28. The molecule has 0 bridgehead atoms. The molecule has 0 spiro atoms. The van der Waals surface area contributed by atoms with Gasteiger partial charge in [-0.1, -0.05) is 24.3 Å². The van der Waals surface area contributed by atoms with Crippen molar-refractivity contribution in [3.63, 3.8) is 0 Å². The van der Waals surface area contributed by atoms with E-state index in [2.05, 4.69) is 20.4 Å². The highest BCUT2D eigenvalue weighted by Gasteiger charge is 2.51. The smallest absolute Gasteiger partial charge is 0.421 e. The number of nitrogen functional groups attached to an aromatic ring is 1. The average Bonchev–Trinajstić information content (AvgIpc) is 3.19. The summed E-state index contributed by atoms with van der Waals surface area (Å²) in [6, 6.07) is 7.91. The molecule has 0 saturated carbocycles. The number of benzene rings is 2. The van der Waals surface area contributed by atoms with Gasteiger partial charge in [-0.15, -0.1) is 5.10 Å². The van der Waals surface area contributed by atoms with Crippen LogP contribution in [0.4, 0.5) is 23.5 Å². The molecule has 2 heterocycles. The lowest BCUT2D eigenvalue weighted by molar-refractivity contribution is -0.258. The summed E-state index contributed by atoms with van der Waals surface area (Å²) in [5, 5.41) is 17.5. The van der Waals surface area contributed by atoms with E-state index in [0.717, 1.165) is 0 Å². The third-order valence-electron chi connectivity index (χ3n) is 5.28. The highest BCUT2D eigenvalue weighted by molar-refractivity contribution is 5.95. The van der Waals surface area contributed by atoms with E-state index in [1.165, 1.54) is 48.0 Å². The molecule has 1 atom stereocenters. The molecule has 0 saturated heterocycles. The maximum atomic E-state index is 14.0. The summed E-state index contributed by atoms with van der Waals surface area (Å²) in [7, 11) is 1.39. The number of hydrogen-bond donors (Lipinski definition) is 3. The Morgan fingerprint density at radius 2 is 1.82 bits per heavy atom. The van der Waals surface area contributed by atoms with Crippen molar-refractivity contribution >= 4 is 22.5 Å². The molecule has 2 aromatic heterocycles. The summed E-state index contributed by atoms with van der Waals surface area (Å²) in [5.41, 5.74) is 4.15. The molecular weight excluding hydrogens is 444 g/mol. The van der Waals surface area contributed by atoms with Gasteiger partial charge in [0.1, 0.15) is 17.1 Å². The summed E-state index contributed by atoms with van der Waals surface area (Å²) in [6.07, 6.45) is -4.78. The zero-order chi connectivity index (χ0) is 24.0. The highest BCUT2D eigenvalue weighted by Crippen LogP contribution is 2.38. The Labute approximate surface area is 185 Å². The Bertz CT molecular complexity index is 1320. The van der Waals surface area contributed by atoms with Gasteiger partial charge in [0.15, 0.2) is 17.1 Å². The molecule has 0 fully saturated rings. The molecule has 174 valence electrons. The molecule has 4 rings (SSSR count). The lowest BCUT2D eigenvalue weighted by atomic mass is 9.94. The number of nitrogens with two attached hydrogens (primary N) is 1. The second kappa shape index (κ2) is 8.12. The quantitative estimate of drug-likeness (QED) is 0.376. The minimum atomic E-state index is -4.78. The van der Waals surface area contributed by atoms with E-state index in [4.69, 9.17) is 10.5 Å². The van der Waals surface area contributed by atoms with Crippen LogP contribution in [0.3, 0.4) is 0 Å². The van der Waals surface area contributed by atoms with E-state index in [1.54, 1.807) is 0 Å². The number of nitrogens with one attached hydrogen (secondary N) is 1. The Morgan fingerprint density at radius 1 is 1.12 bits per heavy atom. The summed E-state index contributed by atoms with van der Waals surface area (Å²) >= 11 is 0. The van der Waals surface area contributed by atoms with E-state index in [9.17, 15) is 22.7 Å². The molecule has 4 aromatic rings. The summed E-state index contributed by atoms with van der Waals surface area (Å²) in [5.74, 6) is 0.0996. The van der Waals surface area contributed by atoms with E-state index >= 15 is 0 Å². The van der Waals surface area contributed by atoms with Gasteiger partial charge in [0.2, 0.25) is 5.95 Å². The number of hydrogen-bond acceptors (Lipinski definition) is 7. The van der Waals surface area contributed by atoms with Gasteiger partial charge in [0, 0.05) is 12.6 Å².